The lowest BCUT2D eigenvalue weighted by Gasteiger charge is -2.26. The zero-order valence-electron chi connectivity index (χ0n) is 12.8. The minimum Gasteiger partial charge on any atom is -0.384 e. The van der Waals surface area contributed by atoms with E-state index < -0.39 is 0 Å². The van der Waals surface area contributed by atoms with Crippen molar-refractivity contribution in [1.29, 1.82) is 0 Å². The van der Waals surface area contributed by atoms with Crippen molar-refractivity contribution in [3.63, 3.8) is 0 Å². The normalized spacial score (nSPS) is 16.2. The monoisotopic (exact) mass is 284 g/mol. The Bertz CT molecular complexity index is 560. The van der Waals surface area contributed by atoms with Crippen LogP contribution in [0.5, 0.6) is 0 Å². The van der Waals surface area contributed by atoms with Crippen molar-refractivity contribution in [2.24, 2.45) is 7.05 Å². The standard InChI is InChI=1S/C17H24N4/c1-20-17(18)13-16(19-20)15-7-5-14(6-8-15)9-12-21-10-3-2-4-11-21/h5-8,13H,2-4,9-12,18H2,1H3. The van der Waals surface area contributed by atoms with Gasteiger partial charge in [-0.1, -0.05) is 30.7 Å². The molecule has 4 heteroatoms. The minimum absolute atomic E-state index is 0.694. The second-order valence-corrected chi connectivity index (χ2v) is 5.93. The van der Waals surface area contributed by atoms with Crippen molar-refractivity contribution in [2.75, 3.05) is 25.4 Å². The average Bonchev–Trinajstić information content (AvgIpc) is 2.86. The summed E-state index contributed by atoms with van der Waals surface area (Å²) in [5.41, 5.74) is 9.30. The summed E-state index contributed by atoms with van der Waals surface area (Å²) in [6.07, 6.45) is 5.25. The maximum atomic E-state index is 5.83. The van der Waals surface area contributed by atoms with Crippen LogP contribution in [-0.4, -0.2) is 34.3 Å². The highest BCUT2D eigenvalue weighted by molar-refractivity contribution is 5.62. The van der Waals surface area contributed by atoms with E-state index in [1.54, 1.807) is 4.68 Å². The van der Waals surface area contributed by atoms with Gasteiger partial charge in [0.15, 0.2) is 0 Å². The molecule has 4 nitrogen and oxygen atoms in total. The van der Waals surface area contributed by atoms with E-state index in [2.05, 4.69) is 34.3 Å². The average molecular weight is 284 g/mol. The van der Waals surface area contributed by atoms with Crippen LogP contribution in [0, 0.1) is 0 Å². The summed E-state index contributed by atoms with van der Waals surface area (Å²) in [6, 6.07) is 10.6. The first-order valence-corrected chi connectivity index (χ1v) is 7.83. The molecule has 2 aromatic rings. The predicted molar refractivity (Wildman–Crippen MR) is 87.1 cm³/mol. The minimum atomic E-state index is 0.694. The molecule has 0 atom stereocenters. The van der Waals surface area contributed by atoms with E-state index in [0.717, 1.165) is 17.7 Å². The molecule has 3 rings (SSSR count). The van der Waals surface area contributed by atoms with Gasteiger partial charge in [-0.15, -0.1) is 0 Å². The smallest absolute Gasteiger partial charge is 0.121 e. The van der Waals surface area contributed by atoms with E-state index in [-0.39, 0.29) is 0 Å². The zero-order chi connectivity index (χ0) is 14.7. The van der Waals surface area contributed by atoms with Crippen LogP contribution in [-0.2, 0) is 13.5 Å². The van der Waals surface area contributed by atoms with E-state index >= 15 is 0 Å². The Labute approximate surface area is 126 Å². The lowest BCUT2D eigenvalue weighted by atomic mass is 10.1. The SMILES string of the molecule is Cn1nc(-c2ccc(CCN3CCCCC3)cc2)cc1N. The van der Waals surface area contributed by atoms with Gasteiger partial charge in [0, 0.05) is 25.2 Å². The molecule has 2 heterocycles. The van der Waals surface area contributed by atoms with Gasteiger partial charge in [-0.05, 0) is 37.9 Å². The van der Waals surface area contributed by atoms with Gasteiger partial charge in [0.25, 0.3) is 0 Å². The third kappa shape index (κ3) is 3.45. The van der Waals surface area contributed by atoms with Gasteiger partial charge in [0.05, 0.1) is 5.69 Å². The first-order chi connectivity index (χ1) is 10.2. The molecule has 1 fully saturated rings. The van der Waals surface area contributed by atoms with E-state index in [9.17, 15) is 0 Å². The van der Waals surface area contributed by atoms with Gasteiger partial charge in [-0.3, -0.25) is 4.68 Å². The van der Waals surface area contributed by atoms with Crippen molar-refractivity contribution < 1.29 is 0 Å². The second-order valence-electron chi connectivity index (χ2n) is 5.93. The fraction of sp³-hybridized carbons (Fsp3) is 0.471. The maximum absolute atomic E-state index is 5.83. The summed E-state index contributed by atoms with van der Waals surface area (Å²) in [6.45, 7) is 3.71. The molecule has 112 valence electrons. The first kappa shape index (κ1) is 14.1. The fourth-order valence-corrected chi connectivity index (χ4v) is 2.94. The Hall–Kier alpha value is -1.81. The van der Waals surface area contributed by atoms with E-state index in [1.165, 1.54) is 44.5 Å². The Morgan fingerprint density at radius 2 is 1.81 bits per heavy atom. The molecule has 21 heavy (non-hydrogen) atoms. The van der Waals surface area contributed by atoms with Gasteiger partial charge in [0.2, 0.25) is 0 Å². The van der Waals surface area contributed by atoms with Crippen LogP contribution in [0.1, 0.15) is 24.8 Å². The molecule has 1 aliphatic heterocycles. The molecule has 0 spiro atoms. The van der Waals surface area contributed by atoms with Gasteiger partial charge in [-0.2, -0.15) is 5.10 Å². The van der Waals surface area contributed by atoms with E-state index in [4.69, 9.17) is 5.73 Å². The predicted octanol–water partition coefficient (Wildman–Crippen LogP) is 2.70. The number of hydrogen-bond acceptors (Lipinski definition) is 3. The third-order valence-electron chi connectivity index (χ3n) is 4.33. The van der Waals surface area contributed by atoms with Crippen molar-refractivity contribution in [2.45, 2.75) is 25.7 Å². The molecular weight excluding hydrogens is 260 g/mol. The quantitative estimate of drug-likeness (QED) is 0.939. The number of nitrogen functional groups attached to an aromatic ring is 1. The second kappa shape index (κ2) is 6.31. The highest BCUT2D eigenvalue weighted by atomic mass is 15.3. The number of anilines is 1. The molecule has 0 bridgehead atoms. The van der Waals surface area contributed by atoms with Crippen LogP contribution in [0.3, 0.4) is 0 Å². The lowest BCUT2D eigenvalue weighted by Crippen LogP contribution is -2.31. The van der Waals surface area contributed by atoms with Crippen LogP contribution >= 0.6 is 0 Å². The topological polar surface area (TPSA) is 47.1 Å². The molecule has 0 unspecified atom stereocenters. The molecular formula is C17H24N4. The molecule has 1 aromatic heterocycles. The summed E-state index contributed by atoms with van der Waals surface area (Å²) in [5.74, 6) is 0.694. The maximum Gasteiger partial charge on any atom is 0.121 e. The van der Waals surface area contributed by atoms with Gasteiger partial charge in [0.1, 0.15) is 5.82 Å². The first-order valence-electron chi connectivity index (χ1n) is 7.83. The summed E-state index contributed by atoms with van der Waals surface area (Å²) < 4.78 is 1.71. The molecule has 0 radical (unpaired) electrons. The number of aromatic nitrogens is 2. The van der Waals surface area contributed by atoms with E-state index in [0.29, 0.717) is 5.82 Å². The van der Waals surface area contributed by atoms with Gasteiger partial charge >= 0.3 is 0 Å². The van der Waals surface area contributed by atoms with Gasteiger partial charge in [-0.25, -0.2) is 0 Å². The summed E-state index contributed by atoms with van der Waals surface area (Å²) in [4.78, 5) is 2.58. The summed E-state index contributed by atoms with van der Waals surface area (Å²) in [5, 5.41) is 4.41. The molecule has 2 N–H and O–H groups in total. The zero-order valence-corrected chi connectivity index (χ0v) is 12.8. The van der Waals surface area contributed by atoms with Gasteiger partial charge < -0.3 is 10.6 Å². The third-order valence-corrected chi connectivity index (χ3v) is 4.33. The number of nitrogens with zero attached hydrogens (tertiary/aromatic N) is 3. The van der Waals surface area contributed by atoms with Crippen molar-refractivity contribution in [1.82, 2.24) is 14.7 Å². The Morgan fingerprint density at radius 1 is 1.10 bits per heavy atom. The lowest BCUT2D eigenvalue weighted by molar-refractivity contribution is 0.231. The number of nitrogens with two attached hydrogens (primary N) is 1. The summed E-state index contributed by atoms with van der Waals surface area (Å²) >= 11 is 0. The molecule has 1 aromatic carbocycles. The molecule has 1 aliphatic rings. The molecule has 0 saturated carbocycles. The number of benzene rings is 1. The van der Waals surface area contributed by atoms with Crippen molar-refractivity contribution in [3.05, 3.63) is 35.9 Å². The van der Waals surface area contributed by atoms with Crippen LogP contribution in [0.25, 0.3) is 11.3 Å². The van der Waals surface area contributed by atoms with Crippen LogP contribution in [0.4, 0.5) is 5.82 Å². The molecule has 0 aliphatic carbocycles. The number of likely N-dealkylation sites (tertiary alicyclic amines) is 1. The number of hydrogen-bond donors (Lipinski definition) is 1. The fourth-order valence-electron chi connectivity index (χ4n) is 2.94. The number of piperidine rings is 1. The largest absolute Gasteiger partial charge is 0.384 e. The van der Waals surface area contributed by atoms with Crippen LogP contribution < -0.4 is 5.73 Å². The van der Waals surface area contributed by atoms with E-state index in [1.807, 2.05) is 13.1 Å². The Morgan fingerprint density at radius 3 is 2.43 bits per heavy atom. The number of aryl methyl sites for hydroxylation is 1. The van der Waals surface area contributed by atoms with Crippen LogP contribution in [0.15, 0.2) is 30.3 Å². The van der Waals surface area contributed by atoms with Crippen molar-refractivity contribution >= 4 is 5.82 Å². The molecule has 0 amide bonds. The summed E-state index contributed by atoms with van der Waals surface area (Å²) in [7, 11) is 1.87. The molecule has 1 saturated heterocycles. The number of rotatable bonds is 4. The Balaban J connectivity index is 1.61. The Kier molecular flexibility index (Phi) is 4.25. The highest BCUT2D eigenvalue weighted by Crippen LogP contribution is 2.20. The van der Waals surface area contributed by atoms with Crippen molar-refractivity contribution in [3.8, 4) is 11.3 Å². The van der Waals surface area contributed by atoms with Crippen LogP contribution in [0.2, 0.25) is 0 Å². The highest BCUT2D eigenvalue weighted by Gasteiger charge is 2.10.